The Balaban J connectivity index is 1.51. The van der Waals surface area contributed by atoms with Crippen LogP contribution in [0.1, 0.15) is 97.5 Å². The monoisotopic (exact) mass is 513 g/mol. The lowest BCUT2D eigenvalue weighted by atomic mass is 9.63. The number of likely N-dealkylation sites (tertiary alicyclic amines) is 2. The summed E-state index contributed by atoms with van der Waals surface area (Å²) < 4.78 is 13.7. The van der Waals surface area contributed by atoms with Crippen LogP contribution < -0.4 is 5.32 Å². The lowest BCUT2D eigenvalue weighted by Crippen LogP contribution is -2.58. The van der Waals surface area contributed by atoms with Crippen molar-refractivity contribution in [1.82, 2.24) is 15.1 Å². The fourth-order valence-electron chi connectivity index (χ4n) is 7.09. The van der Waals surface area contributed by atoms with Crippen molar-refractivity contribution >= 4 is 11.8 Å². The van der Waals surface area contributed by atoms with Crippen LogP contribution in [0.5, 0.6) is 0 Å². The number of nitrogens with zero attached hydrogens (tertiary/aromatic N) is 2. The molecule has 4 rings (SSSR count). The fraction of sp³-hybridized carbons (Fsp3) is 0.742. The molecule has 0 bridgehead atoms. The summed E-state index contributed by atoms with van der Waals surface area (Å²) in [5, 5.41) is 3.30. The molecule has 37 heavy (non-hydrogen) atoms. The quantitative estimate of drug-likeness (QED) is 0.546. The number of halogens is 1. The second kappa shape index (κ2) is 11.4. The van der Waals surface area contributed by atoms with Gasteiger partial charge in [-0.05, 0) is 96.9 Å². The maximum Gasteiger partial charge on any atom is 0.227 e. The summed E-state index contributed by atoms with van der Waals surface area (Å²) >= 11 is 0. The average molecular weight is 514 g/mol. The lowest BCUT2D eigenvalue weighted by Gasteiger charge is -2.49. The van der Waals surface area contributed by atoms with Gasteiger partial charge in [0.1, 0.15) is 5.82 Å². The second-order valence-corrected chi connectivity index (χ2v) is 13.2. The van der Waals surface area contributed by atoms with Crippen molar-refractivity contribution in [1.29, 1.82) is 0 Å². The molecule has 1 aromatic rings. The van der Waals surface area contributed by atoms with Gasteiger partial charge in [-0.1, -0.05) is 31.4 Å². The molecule has 3 aliphatic rings. The van der Waals surface area contributed by atoms with Crippen LogP contribution in [-0.4, -0.2) is 59.4 Å². The molecule has 0 spiro atoms. The van der Waals surface area contributed by atoms with Gasteiger partial charge in [-0.3, -0.25) is 9.59 Å². The van der Waals surface area contributed by atoms with E-state index in [1.165, 1.54) is 31.4 Å². The zero-order valence-corrected chi connectivity index (χ0v) is 23.7. The summed E-state index contributed by atoms with van der Waals surface area (Å²) in [5.74, 6) is 0.512. The van der Waals surface area contributed by atoms with E-state index in [1.54, 1.807) is 0 Å². The third-order valence-electron chi connectivity index (χ3n) is 9.28. The number of piperidine rings is 2. The van der Waals surface area contributed by atoms with Gasteiger partial charge in [-0.15, -0.1) is 0 Å². The lowest BCUT2D eigenvalue weighted by molar-refractivity contribution is -0.149. The Bertz CT molecular complexity index is 925. The van der Waals surface area contributed by atoms with Crippen molar-refractivity contribution in [3.05, 3.63) is 35.6 Å². The van der Waals surface area contributed by atoms with Crippen LogP contribution >= 0.6 is 0 Å². The van der Waals surface area contributed by atoms with Gasteiger partial charge in [-0.25, -0.2) is 4.39 Å². The molecular weight excluding hydrogens is 465 g/mol. The average Bonchev–Trinajstić information content (AvgIpc) is 2.88. The van der Waals surface area contributed by atoms with E-state index in [9.17, 15) is 14.0 Å². The summed E-state index contributed by atoms with van der Waals surface area (Å²) in [5.41, 5.74) is 0.406. The number of amides is 2. The normalized spacial score (nSPS) is 25.8. The Morgan fingerprint density at radius 3 is 2.16 bits per heavy atom. The van der Waals surface area contributed by atoms with E-state index < -0.39 is 0 Å². The van der Waals surface area contributed by atoms with Crippen molar-refractivity contribution in [2.75, 3.05) is 26.2 Å². The molecule has 2 atom stereocenters. The highest BCUT2D eigenvalue weighted by Gasteiger charge is 2.49. The molecule has 1 aromatic carbocycles. The zero-order chi connectivity index (χ0) is 26.8. The molecule has 2 amide bonds. The predicted molar refractivity (Wildman–Crippen MR) is 147 cm³/mol. The van der Waals surface area contributed by atoms with Crippen molar-refractivity contribution < 1.29 is 14.0 Å². The van der Waals surface area contributed by atoms with Gasteiger partial charge < -0.3 is 15.1 Å². The number of rotatable bonds is 5. The largest absolute Gasteiger partial charge is 0.351 e. The van der Waals surface area contributed by atoms with Crippen molar-refractivity contribution in [3.63, 3.8) is 0 Å². The van der Waals surface area contributed by atoms with Crippen LogP contribution in [0.15, 0.2) is 24.3 Å². The first-order valence-corrected chi connectivity index (χ1v) is 14.6. The Hall–Kier alpha value is -1.95. The Morgan fingerprint density at radius 1 is 0.973 bits per heavy atom. The van der Waals surface area contributed by atoms with Gasteiger partial charge in [0.2, 0.25) is 11.8 Å². The molecule has 2 aliphatic heterocycles. The zero-order valence-electron chi connectivity index (χ0n) is 23.7. The number of hydrogen-bond donors (Lipinski definition) is 1. The van der Waals surface area contributed by atoms with Crippen LogP contribution in [0.25, 0.3) is 0 Å². The standard InChI is InChI=1S/C31H48FN3O2/c1-22(2)35-18-15-26(27(21-35)23-11-13-25(32)14-12-23)28(36)34-19-16-31(17-20-34,24-9-7-6-8-10-24)29(37)33-30(3,4)5/h11-14,22,24,26-27H,6-10,15-21H2,1-5H3,(H,33,37)/t26-,27+/m1/s1. The number of hydrogen-bond acceptors (Lipinski definition) is 3. The molecule has 3 fully saturated rings. The highest BCUT2D eigenvalue weighted by Crippen LogP contribution is 2.47. The highest BCUT2D eigenvalue weighted by molar-refractivity contribution is 5.85. The molecular formula is C31H48FN3O2. The van der Waals surface area contributed by atoms with Gasteiger partial charge >= 0.3 is 0 Å². The van der Waals surface area contributed by atoms with Crippen LogP contribution in [0.4, 0.5) is 4.39 Å². The maximum atomic E-state index is 14.0. The fourth-order valence-corrected chi connectivity index (χ4v) is 7.09. The molecule has 206 valence electrons. The van der Waals surface area contributed by atoms with Crippen LogP contribution in [-0.2, 0) is 9.59 Å². The third-order valence-corrected chi connectivity index (χ3v) is 9.28. The molecule has 0 radical (unpaired) electrons. The van der Waals surface area contributed by atoms with Crippen LogP contribution in [0.2, 0.25) is 0 Å². The first-order valence-electron chi connectivity index (χ1n) is 14.6. The van der Waals surface area contributed by atoms with E-state index in [1.807, 2.05) is 17.0 Å². The molecule has 2 heterocycles. The van der Waals surface area contributed by atoms with Gasteiger partial charge in [0.25, 0.3) is 0 Å². The summed E-state index contributed by atoms with van der Waals surface area (Å²) in [6.45, 7) is 13.6. The molecule has 2 saturated heterocycles. The van der Waals surface area contributed by atoms with Crippen molar-refractivity contribution in [2.45, 2.75) is 103 Å². The van der Waals surface area contributed by atoms with E-state index in [-0.39, 0.29) is 40.4 Å². The minimum absolute atomic E-state index is 0.0541. The van der Waals surface area contributed by atoms with Gasteiger partial charge in [0.15, 0.2) is 0 Å². The number of nitrogens with one attached hydrogen (secondary N) is 1. The van der Waals surface area contributed by atoms with Gasteiger partial charge in [0, 0.05) is 43.1 Å². The molecule has 1 N–H and O–H groups in total. The van der Waals surface area contributed by atoms with E-state index in [4.69, 9.17) is 0 Å². The highest BCUT2D eigenvalue weighted by atomic mass is 19.1. The summed E-state index contributed by atoms with van der Waals surface area (Å²) in [6.07, 6.45) is 8.20. The predicted octanol–water partition coefficient (Wildman–Crippen LogP) is 5.74. The molecule has 1 aliphatic carbocycles. The number of carbonyl (C=O) groups excluding carboxylic acids is 2. The molecule has 0 aromatic heterocycles. The second-order valence-electron chi connectivity index (χ2n) is 13.2. The minimum Gasteiger partial charge on any atom is -0.351 e. The molecule has 1 saturated carbocycles. The van der Waals surface area contributed by atoms with Crippen LogP contribution in [0, 0.1) is 23.1 Å². The Morgan fingerprint density at radius 2 is 1.59 bits per heavy atom. The third kappa shape index (κ3) is 6.38. The maximum absolute atomic E-state index is 14.0. The smallest absolute Gasteiger partial charge is 0.227 e. The van der Waals surface area contributed by atoms with E-state index in [2.05, 4.69) is 44.8 Å². The number of carbonyl (C=O) groups is 2. The van der Waals surface area contributed by atoms with E-state index in [0.29, 0.717) is 25.0 Å². The Kier molecular flexibility index (Phi) is 8.67. The van der Waals surface area contributed by atoms with E-state index >= 15 is 0 Å². The molecule has 0 unspecified atom stereocenters. The van der Waals surface area contributed by atoms with Gasteiger partial charge in [0.05, 0.1) is 5.41 Å². The minimum atomic E-state index is -0.373. The first-order chi connectivity index (χ1) is 17.5. The molecule has 5 nitrogen and oxygen atoms in total. The SMILES string of the molecule is CC(C)N1CC[C@@H](C(=O)N2CCC(C(=O)NC(C)(C)C)(C3CCCCC3)CC2)[C@H](c2ccc(F)cc2)C1. The summed E-state index contributed by atoms with van der Waals surface area (Å²) in [6, 6.07) is 7.14. The van der Waals surface area contributed by atoms with Crippen molar-refractivity contribution in [3.8, 4) is 0 Å². The van der Waals surface area contributed by atoms with Crippen molar-refractivity contribution in [2.24, 2.45) is 17.3 Å². The first kappa shape index (κ1) is 28.1. The van der Waals surface area contributed by atoms with E-state index in [0.717, 1.165) is 50.8 Å². The number of benzene rings is 1. The molecule has 6 heteroatoms. The summed E-state index contributed by atoms with van der Waals surface area (Å²) in [4.78, 5) is 32.2. The van der Waals surface area contributed by atoms with Crippen LogP contribution in [0.3, 0.4) is 0 Å². The Labute approximate surface area is 223 Å². The summed E-state index contributed by atoms with van der Waals surface area (Å²) in [7, 11) is 0. The van der Waals surface area contributed by atoms with Gasteiger partial charge in [-0.2, -0.15) is 0 Å². The topological polar surface area (TPSA) is 52.7 Å².